The first-order chi connectivity index (χ1) is 17.7. The van der Waals surface area contributed by atoms with Crippen LogP contribution in [0.1, 0.15) is 79.0 Å². The minimum Gasteiger partial charge on any atom is -0.415 e. The van der Waals surface area contributed by atoms with Crippen molar-refractivity contribution >= 4 is 11.8 Å². The monoisotopic (exact) mass is 509 g/mol. The normalized spacial score (nSPS) is 18.5. The SMILES string of the molecule is CCN1CCC(c2ccc3c(c2)C(=O)N(Cc2ccc(-c4nnc(C(F)F)o4)cn2)C(=O)C3(C)C)CC1. The van der Waals surface area contributed by atoms with Crippen molar-refractivity contribution in [2.45, 2.75) is 57.9 Å². The van der Waals surface area contributed by atoms with E-state index in [-0.39, 0.29) is 24.2 Å². The van der Waals surface area contributed by atoms with Crippen LogP contribution in [-0.2, 0) is 16.8 Å². The van der Waals surface area contributed by atoms with Gasteiger partial charge in [-0.15, -0.1) is 10.2 Å². The van der Waals surface area contributed by atoms with Crippen LogP contribution in [0.5, 0.6) is 0 Å². The number of benzene rings is 1. The first-order valence-electron chi connectivity index (χ1n) is 12.5. The van der Waals surface area contributed by atoms with E-state index >= 15 is 0 Å². The third-order valence-corrected chi connectivity index (χ3v) is 7.50. The molecule has 4 heterocycles. The summed E-state index contributed by atoms with van der Waals surface area (Å²) in [5.41, 5.74) is 2.40. The number of hydrogen-bond donors (Lipinski definition) is 0. The largest absolute Gasteiger partial charge is 0.415 e. The molecule has 0 aliphatic carbocycles. The van der Waals surface area contributed by atoms with Gasteiger partial charge in [-0.05, 0) is 81.6 Å². The standard InChI is InChI=1S/C27H29F2N5O3/c1-4-33-11-9-16(10-12-33)17-6-8-21-20(13-17)25(35)34(26(36)27(21,2)3)15-19-7-5-18(14-30-19)23-31-32-24(37-23)22(28)29/h5-8,13-14,16,22H,4,9-12,15H2,1-3H3. The highest BCUT2D eigenvalue weighted by molar-refractivity contribution is 6.12. The van der Waals surface area contributed by atoms with Crippen molar-refractivity contribution in [3.63, 3.8) is 0 Å². The van der Waals surface area contributed by atoms with E-state index in [1.807, 2.05) is 26.0 Å². The van der Waals surface area contributed by atoms with Crippen LogP contribution >= 0.6 is 0 Å². The Labute approximate surface area is 213 Å². The first kappa shape index (κ1) is 25.1. The topological polar surface area (TPSA) is 92.4 Å². The summed E-state index contributed by atoms with van der Waals surface area (Å²) < 4.78 is 30.4. The van der Waals surface area contributed by atoms with Crippen molar-refractivity contribution < 1.29 is 22.8 Å². The maximum absolute atomic E-state index is 13.6. The molecule has 2 amide bonds. The van der Waals surface area contributed by atoms with Gasteiger partial charge in [0.15, 0.2) is 0 Å². The number of amides is 2. The Morgan fingerprint density at radius 3 is 2.49 bits per heavy atom. The van der Waals surface area contributed by atoms with E-state index in [2.05, 4.69) is 33.1 Å². The van der Waals surface area contributed by atoms with Crippen molar-refractivity contribution in [2.75, 3.05) is 19.6 Å². The Morgan fingerprint density at radius 2 is 1.86 bits per heavy atom. The molecule has 1 aromatic carbocycles. The molecule has 0 atom stereocenters. The fourth-order valence-corrected chi connectivity index (χ4v) is 5.20. The summed E-state index contributed by atoms with van der Waals surface area (Å²) in [6, 6.07) is 9.18. The smallest absolute Gasteiger partial charge is 0.314 e. The Balaban J connectivity index is 1.38. The third-order valence-electron chi connectivity index (χ3n) is 7.50. The van der Waals surface area contributed by atoms with Gasteiger partial charge in [0.25, 0.3) is 11.8 Å². The van der Waals surface area contributed by atoms with Gasteiger partial charge in [0.05, 0.1) is 23.2 Å². The number of rotatable bonds is 6. The lowest BCUT2D eigenvalue weighted by molar-refractivity contribution is -0.134. The van der Waals surface area contributed by atoms with Crippen LogP contribution in [0.4, 0.5) is 8.78 Å². The van der Waals surface area contributed by atoms with Gasteiger partial charge >= 0.3 is 6.43 Å². The van der Waals surface area contributed by atoms with Crippen LogP contribution in [0, 0.1) is 0 Å². The first-order valence-corrected chi connectivity index (χ1v) is 12.5. The molecular weight excluding hydrogens is 480 g/mol. The number of hydrogen-bond acceptors (Lipinski definition) is 7. The molecule has 0 unspecified atom stereocenters. The summed E-state index contributed by atoms with van der Waals surface area (Å²) in [5, 5.41) is 6.94. The number of piperidine rings is 1. The van der Waals surface area contributed by atoms with Crippen molar-refractivity contribution in [3.8, 4) is 11.5 Å². The van der Waals surface area contributed by atoms with Gasteiger partial charge in [0.1, 0.15) is 0 Å². The maximum Gasteiger partial charge on any atom is 0.314 e. The molecule has 37 heavy (non-hydrogen) atoms. The second kappa shape index (κ2) is 9.74. The zero-order valence-electron chi connectivity index (χ0n) is 21.1. The quantitative estimate of drug-likeness (QED) is 0.444. The Bertz CT molecular complexity index is 1310. The molecule has 0 radical (unpaired) electrons. The number of alkyl halides is 2. The van der Waals surface area contributed by atoms with Gasteiger partial charge in [-0.25, -0.2) is 0 Å². The van der Waals surface area contributed by atoms with Crippen LogP contribution in [0.15, 0.2) is 40.9 Å². The van der Waals surface area contributed by atoms with Gasteiger partial charge in [-0.3, -0.25) is 19.5 Å². The van der Waals surface area contributed by atoms with Gasteiger partial charge in [0.2, 0.25) is 11.8 Å². The molecule has 1 saturated heterocycles. The molecule has 1 fully saturated rings. The number of halogens is 2. The molecule has 0 bridgehead atoms. The molecule has 2 aliphatic heterocycles. The van der Waals surface area contributed by atoms with E-state index in [4.69, 9.17) is 4.42 Å². The lowest BCUT2D eigenvalue weighted by Crippen LogP contribution is -2.51. The Hall–Kier alpha value is -3.53. The van der Waals surface area contributed by atoms with Gasteiger partial charge in [0, 0.05) is 11.8 Å². The average Bonchev–Trinajstić information content (AvgIpc) is 3.41. The van der Waals surface area contributed by atoms with Crippen molar-refractivity contribution in [1.29, 1.82) is 0 Å². The summed E-state index contributed by atoms with van der Waals surface area (Å²) >= 11 is 0. The summed E-state index contributed by atoms with van der Waals surface area (Å²) in [4.78, 5) is 35.0. The highest BCUT2D eigenvalue weighted by Crippen LogP contribution is 2.38. The second-order valence-corrected chi connectivity index (χ2v) is 10.1. The highest BCUT2D eigenvalue weighted by Gasteiger charge is 2.44. The molecule has 194 valence electrons. The number of fused-ring (bicyclic) bond motifs is 1. The van der Waals surface area contributed by atoms with Gasteiger partial charge in [-0.2, -0.15) is 8.78 Å². The van der Waals surface area contributed by atoms with E-state index in [1.54, 1.807) is 12.1 Å². The zero-order valence-corrected chi connectivity index (χ0v) is 21.1. The molecule has 2 aromatic heterocycles. The Morgan fingerprint density at radius 1 is 1.11 bits per heavy atom. The zero-order chi connectivity index (χ0) is 26.3. The number of aromatic nitrogens is 3. The fraction of sp³-hybridized carbons (Fsp3) is 0.444. The minimum absolute atomic E-state index is 0.00789. The number of imide groups is 1. The molecule has 2 aliphatic rings. The maximum atomic E-state index is 13.6. The highest BCUT2D eigenvalue weighted by atomic mass is 19.3. The minimum atomic E-state index is -2.86. The van der Waals surface area contributed by atoms with E-state index in [0.29, 0.717) is 22.7 Å². The lowest BCUT2D eigenvalue weighted by Gasteiger charge is -2.38. The van der Waals surface area contributed by atoms with E-state index in [9.17, 15) is 18.4 Å². The number of carbonyl (C=O) groups excluding carboxylic acids is 2. The number of carbonyl (C=O) groups is 2. The van der Waals surface area contributed by atoms with Crippen molar-refractivity contribution in [3.05, 3.63) is 64.8 Å². The molecule has 3 aromatic rings. The van der Waals surface area contributed by atoms with E-state index in [1.165, 1.54) is 11.1 Å². The molecular formula is C27H29F2N5O3. The Kier molecular flexibility index (Phi) is 6.61. The lowest BCUT2D eigenvalue weighted by atomic mass is 9.75. The number of pyridine rings is 1. The van der Waals surface area contributed by atoms with Crippen LogP contribution in [0.25, 0.3) is 11.5 Å². The molecule has 10 heteroatoms. The predicted molar refractivity (Wildman–Crippen MR) is 131 cm³/mol. The fourth-order valence-electron chi connectivity index (χ4n) is 5.20. The van der Waals surface area contributed by atoms with Crippen LogP contribution in [-0.4, -0.2) is 56.4 Å². The van der Waals surface area contributed by atoms with Crippen molar-refractivity contribution in [1.82, 2.24) is 25.0 Å². The molecule has 0 spiro atoms. The summed E-state index contributed by atoms with van der Waals surface area (Å²) in [5.74, 6) is -1.08. The summed E-state index contributed by atoms with van der Waals surface area (Å²) in [6.07, 6.45) is 0.626. The predicted octanol–water partition coefficient (Wildman–Crippen LogP) is 4.73. The van der Waals surface area contributed by atoms with E-state index < -0.39 is 17.7 Å². The molecule has 0 saturated carbocycles. The summed E-state index contributed by atoms with van der Waals surface area (Å²) in [6.45, 7) is 8.95. The average molecular weight is 510 g/mol. The van der Waals surface area contributed by atoms with Crippen LogP contribution < -0.4 is 0 Å². The van der Waals surface area contributed by atoms with Crippen LogP contribution in [0.2, 0.25) is 0 Å². The van der Waals surface area contributed by atoms with Gasteiger partial charge < -0.3 is 9.32 Å². The second-order valence-electron chi connectivity index (χ2n) is 10.1. The number of nitrogens with zero attached hydrogens (tertiary/aromatic N) is 5. The third kappa shape index (κ3) is 4.66. The molecule has 8 nitrogen and oxygen atoms in total. The van der Waals surface area contributed by atoms with Crippen molar-refractivity contribution in [2.24, 2.45) is 0 Å². The molecule has 0 N–H and O–H groups in total. The number of likely N-dealkylation sites (tertiary alicyclic amines) is 1. The van der Waals surface area contributed by atoms with Crippen LogP contribution in [0.3, 0.4) is 0 Å². The van der Waals surface area contributed by atoms with E-state index in [0.717, 1.165) is 43.6 Å². The molecule has 5 rings (SSSR count). The summed E-state index contributed by atoms with van der Waals surface area (Å²) in [7, 11) is 0. The van der Waals surface area contributed by atoms with Gasteiger partial charge in [-0.1, -0.05) is 19.1 Å².